The fourth-order valence-corrected chi connectivity index (χ4v) is 6.23. The van der Waals surface area contributed by atoms with E-state index < -0.39 is 47.5 Å². The monoisotopic (exact) mass is 488 g/mol. The Morgan fingerprint density at radius 1 is 0.909 bits per heavy atom. The van der Waals surface area contributed by atoms with Crippen molar-refractivity contribution >= 4 is 11.9 Å². The molecular formula is C22H30F6O5. The van der Waals surface area contributed by atoms with Crippen molar-refractivity contribution in [1.82, 2.24) is 0 Å². The number of alkyl halides is 6. The largest absolute Gasteiger partial charge is 0.465 e. The fraction of sp³-hybridized carbons (Fsp3) is 0.909. The first kappa shape index (κ1) is 26.1. The maximum absolute atomic E-state index is 13.2. The number of halogens is 6. The average molecular weight is 488 g/mol. The van der Waals surface area contributed by atoms with E-state index in [-0.39, 0.29) is 18.3 Å². The van der Waals surface area contributed by atoms with E-state index in [4.69, 9.17) is 9.84 Å². The van der Waals surface area contributed by atoms with E-state index in [0.29, 0.717) is 18.3 Å². The molecule has 190 valence electrons. The minimum absolute atomic E-state index is 0.0855. The molecular weight excluding hydrogens is 458 g/mol. The molecule has 33 heavy (non-hydrogen) atoms. The van der Waals surface area contributed by atoms with E-state index in [1.165, 1.54) is 20.3 Å². The summed E-state index contributed by atoms with van der Waals surface area (Å²) in [5.41, 5.74) is -2.46. The van der Waals surface area contributed by atoms with Crippen LogP contribution in [0, 0.1) is 29.1 Å². The summed E-state index contributed by atoms with van der Waals surface area (Å²) >= 11 is 0. The molecule has 0 radical (unpaired) electrons. The Labute approximate surface area is 188 Å². The predicted octanol–water partition coefficient (Wildman–Crippen LogP) is 5.30. The van der Waals surface area contributed by atoms with Gasteiger partial charge in [-0.2, -0.15) is 26.3 Å². The standard InChI is InChI=1S/C22H30F6O5/c1-4-18(3,11-16(29)32-20(31,21(23,24)25)22(26,27)28)17(30)33-19(5-2)14-7-12-6-13(9-14)10-15(19)8-12/h12-15,31H,4-11H2,1-3H3. The van der Waals surface area contributed by atoms with Crippen LogP contribution in [0.5, 0.6) is 0 Å². The molecule has 5 nitrogen and oxygen atoms in total. The van der Waals surface area contributed by atoms with Gasteiger partial charge in [0.1, 0.15) is 5.60 Å². The lowest BCUT2D eigenvalue weighted by Crippen LogP contribution is -2.61. The zero-order valence-electron chi connectivity index (χ0n) is 18.8. The summed E-state index contributed by atoms with van der Waals surface area (Å²) in [6.07, 6.45) is -8.42. The molecule has 0 spiro atoms. The van der Waals surface area contributed by atoms with Crippen molar-refractivity contribution in [2.75, 3.05) is 0 Å². The molecule has 4 aliphatic carbocycles. The van der Waals surface area contributed by atoms with Crippen molar-refractivity contribution in [2.24, 2.45) is 29.1 Å². The summed E-state index contributed by atoms with van der Waals surface area (Å²) in [7, 11) is 0. The van der Waals surface area contributed by atoms with Crippen molar-refractivity contribution in [3.8, 4) is 0 Å². The van der Waals surface area contributed by atoms with Crippen molar-refractivity contribution in [3.63, 3.8) is 0 Å². The van der Waals surface area contributed by atoms with Crippen molar-refractivity contribution in [2.45, 2.75) is 95.9 Å². The Kier molecular flexibility index (Phi) is 6.57. The molecule has 0 aromatic rings. The second-order valence-corrected chi connectivity index (χ2v) is 10.2. The van der Waals surface area contributed by atoms with Gasteiger partial charge in [0, 0.05) is 0 Å². The molecule has 0 amide bonds. The van der Waals surface area contributed by atoms with Crippen LogP contribution in [0.2, 0.25) is 0 Å². The molecule has 4 aliphatic rings. The lowest BCUT2D eigenvalue weighted by atomic mass is 9.49. The van der Waals surface area contributed by atoms with E-state index in [2.05, 4.69) is 4.74 Å². The highest BCUT2D eigenvalue weighted by Gasteiger charge is 2.74. The molecule has 1 unspecified atom stereocenters. The molecule has 0 aliphatic heterocycles. The number of carbonyl (C=O) groups is 2. The highest BCUT2D eigenvalue weighted by atomic mass is 19.4. The number of carbonyl (C=O) groups excluding carboxylic acids is 2. The summed E-state index contributed by atoms with van der Waals surface area (Å²) in [4.78, 5) is 25.3. The van der Waals surface area contributed by atoms with Gasteiger partial charge >= 0.3 is 30.1 Å². The maximum atomic E-state index is 13.2. The third kappa shape index (κ3) is 4.34. The summed E-state index contributed by atoms with van der Waals surface area (Å²) in [5.74, 6) is -7.04. The van der Waals surface area contributed by atoms with E-state index in [1.54, 1.807) is 0 Å². The lowest BCUT2D eigenvalue weighted by molar-refractivity contribution is -0.444. The molecule has 0 aromatic carbocycles. The van der Waals surface area contributed by atoms with Crippen LogP contribution in [0.1, 0.15) is 72.1 Å². The first-order valence-corrected chi connectivity index (χ1v) is 11.3. The van der Waals surface area contributed by atoms with Crippen molar-refractivity contribution in [1.29, 1.82) is 0 Å². The Bertz CT molecular complexity index is 734. The number of aliphatic hydroxyl groups is 1. The first-order chi connectivity index (χ1) is 15.0. The van der Waals surface area contributed by atoms with Crippen LogP contribution in [-0.4, -0.2) is 40.8 Å². The Morgan fingerprint density at radius 2 is 1.36 bits per heavy atom. The van der Waals surface area contributed by atoms with Gasteiger partial charge in [-0.1, -0.05) is 13.8 Å². The van der Waals surface area contributed by atoms with Gasteiger partial charge in [-0.3, -0.25) is 9.59 Å². The second-order valence-electron chi connectivity index (χ2n) is 10.2. The molecule has 4 bridgehead atoms. The van der Waals surface area contributed by atoms with Crippen LogP contribution in [0.3, 0.4) is 0 Å². The second kappa shape index (κ2) is 8.30. The fourth-order valence-electron chi connectivity index (χ4n) is 6.23. The molecule has 0 heterocycles. The number of ether oxygens (including phenoxy) is 2. The van der Waals surface area contributed by atoms with E-state index in [0.717, 1.165) is 25.7 Å². The van der Waals surface area contributed by atoms with Crippen LogP contribution in [0.4, 0.5) is 26.3 Å². The molecule has 4 saturated carbocycles. The third-order valence-electron chi connectivity index (χ3n) is 8.19. The minimum atomic E-state index is -6.31. The Balaban J connectivity index is 1.77. The van der Waals surface area contributed by atoms with Crippen LogP contribution in [-0.2, 0) is 19.1 Å². The molecule has 0 saturated heterocycles. The summed E-state index contributed by atoms with van der Waals surface area (Å²) in [6, 6.07) is 0. The minimum Gasteiger partial charge on any atom is -0.458 e. The number of hydrogen-bond acceptors (Lipinski definition) is 5. The number of rotatable bonds is 7. The SMILES string of the molecule is CCC(C)(CC(=O)OC(O)(C(F)(F)F)C(F)(F)F)C(=O)OC1(CC)C2CC3CC(C2)CC1C3. The van der Waals surface area contributed by atoms with Crippen LogP contribution in [0.15, 0.2) is 0 Å². The van der Waals surface area contributed by atoms with Crippen LogP contribution >= 0.6 is 0 Å². The van der Waals surface area contributed by atoms with E-state index >= 15 is 0 Å². The summed E-state index contributed by atoms with van der Waals surface area (Å²) in [5, 5.41) is 9.13. The van der Waals surface area contributed by atoms with E-state index in [9.17, 15) is 35.9 Å². The van der Waals surface area contributed by atoms with E-state index in [1.807, 2.05) is 6.92 Å². The quantitative estimate of drug-likeness (QED) is 0.299. The first-order valence-electron chi connectivity index (χ1n) is 11.3. The molecule has 0 aromatic heterocycles. The van der Waals surface area contributed by atoms with Gasteiger partial charge in [0.05, 0.1) is 11.8 Å². The van der Waals surface area contributed by atoms with Crippen molar-refractivity contribution in [3.05, 3.63) is 0 Å². The molecule has 4 rings (SSSR count). The zero-order chi connectivity index (χ0) is 25.0. The smallest absolute Gasteiger partial charge is 0.458 e. The highest BCUT2D eigenvalue weighted by Crippen LogP contribution is 2.61. The van der Waals surface area contributed by atoms with Crippen LogP contribution < -0.4 is 0 Å². The Hall–Kier alpha value is -1.52. The maximum Gasteiger partial charge on any atom is 0.465 e. The predicted molar refractivity (Wildman–Crippen MR) is 102 cm³/mol. The third-order valence-corrected chi connectivity index (χ3v) is 8.19. The molecule has 4 fully saturated rings. The van der Waals surface area contributed by atoms with Gasteiger partial charge < -0.3 is 14.6 Å². The number of hydrogen-bond donors (Lipinski definition) is 1. The van der Waals surface area contributed by atoms with Gasteiger partial charge in [-0.15, -0.1) is 0 Å². The van der Waals surface area contributed by atoms with Gasteiger partial charge in [0.15, 0.2) is 0 Å². The molecule has 1 atom stereocenters. The highest BCUT2D eigenvalue weighted by molar-refractivity contribution is 5.83. The zero-order valence-corrected chi connectivity index (χ0v) is 18.8. The van der Waals surface area contributed by atoms with Gasteiger partial charge in [0.2, 0.25) is 0 Å². The lowest BCUT2D eigenvalue weighted by Gasteiger charge is -2.60. The van der Waals surface area contributed by atoms with Gasteiger partial charge in [0.25, 0.3) is 0 Å². The number of esters is 2. The molecule has 11 heteroatoms. The normalized spacial score (nSPS) is 33.5. The van der Waals surface area contributed by atoms with Gasteiger partial charge in [-0.05, 0) is 75.5 Å². The molecule has 1 N–H and O–H groups in total. The Morgan fingerprint density at radius 3 is 1.73 bits per heavy atom. The average Bonchev–Trinajstić information content (AvgIpc) is 2.68. The van der Waals surface area contributed by atoms with Crippen LogP contribution in [0.25, 0.3) is 0 Å². The van der Waals surface area contributed by atoms with Gasteiger partial charge in [-0.25, -0.2) is 0 Å². The summed E-state index contributed by atoms with van der Waals surface area (Å²) < 4.78 is 86.7. The summed E-state index contributed by atoms with van der Waals surface area (Å²) in [6.45, 7) is 4.62. The van der Waals surface area contributed by atoms with Crippen molar-refractivity contribution < 1.29 is 50.5 Å². The topological polar surface area (TPSA) is 72.8 Å².